The Morgan fingerprint density at radius 3 is 2.53 bits per heavy atom. The minimum absolute atomic E-state index is 0.338. The van der Waals surface area contributed by atoms with Gasteiger partial charge in [-0.05, 0) is 53.6 Å². The summed E-state index contributed by atoms with van der Waals surface area (Å²) in [5, 5.41) is 13.1. The van der Waals surface area contributed by atoms with Crippen molar-refractivity contribution in [3.63, 3.8) is 0 Å². The highest BCUT2D eigenvalue weighted by atomic mass is 32.1. The van der Waals surface area contributed by atoms with Crippen LogP contribution in [0.4, 0.5) is 0 Å². The molecule has 0 saturated carbocycles. The molecule has 3 nitrogen and oxygen atoms in total. The van der Waals surface area contributed by atoms with Crippen LogP contribution in [0.5, 0.6) is 0 Å². The summed E-state index contributed by atoms with van der Waals surface area (Å²) < 4.78 is 0. The van der Waals surface area contributed by atoms with Crippen LogP contribution in [0.2, 0.25) is 0 Å². The van der Waals surface area contributed by atoms with Gasteiger partial charge in [0, 0.05) is 13.1 Å². The molecular formula is C15H17NO2S. The van der Waals surface area contributed by atoms with Crippen LogP contribution in [0.3, 0.4) is 0 Å². The highest BCUT2D eigenvalue weighted by Crippen LogP contribution is 2.10. The monoisotopic (exact) mass is 275 g/mol. The summed E-state index contributed by atoms with van der Waals surface area (Å²) in [6.45, 7) is 1.83. The number of benzene rings is 1. The third kappa shape index (κ3) is 4.19. The van der Waals surface area contributed by atoms with Crippen molar-refractivity contribution in [1.82, 2.24) is 4.90 Å². The molecule has 2 aromatic rings. The summed E-state index contributed by atoms with van der Waals surface area (Å²) in [6, 6.07) is 9.23. The summed E-state index contributed by atoms with van der Waals surface area (Å²) in [7, 11) is 2.08. The molecule has 0 aliphatic carbocycles. The molecule has 0 atom stereocenters. The SMILES string of the molecule is CN(CCc1ccsc1)Cc1ccc(C(=O)O)cc1. The Balaban J connectivity index is 1.84. The average Bonchev–Trinajstić information content (AvgIpc) is 2.90. The first-order chi connectivity index (χ1) is 9.15. The standard InChI is InChI=1S/C15H17NO2S/c1-16(8-6-13-7-9-19-11-13)10-12-2-4-14(5-3-12)15(17)18/h2-5,7,9,11H,6,8,10H2,1H3,(H,17,18). The van der Waals surface area contributed by atoms with Gasteiger partial charge in [-0.2, -0.15) is 11.3 Å². The molecule has 0 aliphatic rings. The van der Waals surface area contributed by atoms with Crippen molar-refractivity contribution in [3.05, 3.63) is 57.8 Å². The predicted molar refractivity (Wildman–Crippen MR) is 77.8 cm³/mol. The molecule has 1 aromatic heterocycles. The normalized spacial score (nSPS) is 10.8. The number of rotatable bonds is 6. The van der Waals surface area contributed by atoms with Gasteiger partial charge in [0.15, 0.2) is 0 Å². The number of thiophene rings is 1. The summed E-state index contributed by atoms with van der Waals surface area (Å²) in [6.07, 6.45) is 1.05. The van der Waals surface area contributed by atoms with E-state index in [1.165, 1.54) is 5.56 Å². The van der Waals surface area contributed by atoms with Crippen LogP contribution < -0.4 is 0 Å². The molecule has 19 heavy (non-hydrogen) atoms. The number of hydrogen-bond acceptors (Lipinski definition) is 3. The number of aromatic carboxylic acids is 1. The van der Waals surface area contributed by atoms with Gasteiger partial charge in [-0.3, -0.25) is 0 Å². The molecule has 0 amide bonds. The number of carboxylic acid groups (broad SMARTS) is 1. The zero-order valence-electron chi connectivity index (χ0n) is 10.9. The maximum absolute atomic E-state index is 10.8. The van der Waals surface area contributed by atoms with Crippen LogP contribution >= 0.6 is 11.3 Å². The van der Waals surface area contributed by atoms with Gasteiger partial charge in [0.1, 0.15) is 0 Å². The van der Waals surface area contributed by atoms with E-state index in [1.54, 1.807) is 23.5 Å². The van der Waals surface area contributed by atoms with Gasteiger partial charge < -0.3 is 10.0 Å². The predicted octanol–water partition coefficient (Wildman–Crippen LogP) is 3.12. The molecule has 4 heteroatoms. The van der Waals surface area contributed by atoms with Crippen LogP contribution in [0, 0.1) is 0 Å². The molecule has 0 aliphatic heterocycles. The summed E-state index contributed by atoms with van der Waals surface area (Å²) >= 11 is 1.73. The molecular weight excluding hydrogens is 258 g/mol. The van der Waals surface area contributed by atoms with E-state index in [9.17, 15) is 4.79 Å². The molecule has 1 aromatic carbocycles. The second kappa shape index (κ2) is 6.50. The van der Waals surface area contributed by atoms with Gasteiger partial charge in [-0.15, -0.1) is 0 Å². The highest BCUT2D eigenvalue weighted by molar-refractivity contribution is 7.07. The lowest BCUT2D eigenvalue weighted by molar-refractivity contribution is 0.0697. The Morgan fingerprint density at radius 2 is 1.95 bits per heavy atom. The van der Waals surface area contributed by atoms with E-state index in [0.29, 0.717) is 5.56 Å². The molecule has 0 unspecified atom stereocenters. The second-order valence-corrected chi connectivity index (χ2v) is 5.40. The smallest absolute Gasteiger partial charge is 0.335 e. The van der Waals surface area contributed by atoms with Crippen molar-refractivity contribution in [2.24, 2.45) is 0 Å². The van der Waals surface area contributed by atoms with Crippen LogP contribution in [0.15, 0.2) is 41.1 Å². The van der Waals surface area contributed by atoms with Crippen molar-refractivity contribution >= 4 is 17.3 Å². The lowest BCUT2D eigenvalue weighted by Crippen LogP contribution is -2.20. The van der Waals surface area contributed by atoms with Crippen molar-refractivity contribution in [2.45, 2.75) is 13.0 Å². The maximum atomic E-state index is 10.8. The molecule has 2 rings (SSSR count). The van der Waals surface area contributed by atoms with E-state index in [2.05, 4.69) is 28.8 Å². The lowest BCUT2D eigenvalue weighted by Gasteiger charge is -2.16. The first-order valence-corrected chi connectivity index (χ1v) is 7.11. The van der Waals surface area contributed by atoms with E-state index in [-0.39, 0.29) is 0 Å². The Kier molecular flexibility index (Phi) is 4.71. The van der Waals surface area contributed by atoms with Gasteiger partial charge >= 0.3 is 5.97 Å². The van der Waals surface area contributed by atoms with Crippen LogP contribution in [0.25, 0.3) is 0 Å². The summed E-state index contributed by atoms with van der Waals surface area (Å²) in [5.74, 6) is -0.877. The van der Waals surface area contributed by atoms with Gasteiger partial charge in [0.2, 0.25) is 0 Å². The molecule has 0 saturated heterocycles. The van der Waals surface area contributed by atoms with E-state index < -0.39 is 5.97 Å². The fraction of sp³-hybridized carbons (Fsp3) is 0.267. The second-order valence-electron chi connectivity index (χ2n) is 4.62. The molecule has 0 fully saturated rings. The Morgan fingerprint density at radius 1 is 1.21 bits per heavy atom. The van der Waals surface area contributed by atoms with Gasteiger partial charge in [0.05, 0.1) is 5.56 Å². The number of likely N-dealkylation sites (N-methyl/N-ethyl adjacent to an activating group) is 1. The average molecular weight is 275 g/mol. The van der Waals surface area contributed by atoms with Gasteiger partial charge in [-0.25, -0.2) is 4.79 Å². The van der Waals surface area contributed by atoms with Crippen molar-refractivity contribution in [2.75, 3.05) is 13.6 Å². The topological polar surface area (TPSA) is 40.5 Å². The first kappa shape index (κ1) is 13.8. The number of hydrogen-bond donors (Lipinski definition) is 1. The molecule has 0 spiro atoms. The van der Waals surface area contributed by atoms with Crippen molar-refractivity contribution < 1.29 is 9.90 Å². The van der Waals surface area contributed by atoms with Crippen molar-refractivity contribution in [1.29, 1.82) is 0 Å². The van der Waals surface area contributed by atoms with E-state index in [0.717, 1.165) is 25.1 Å². The molecule has 0 bridgehead atoms. The summed E-state index contributed by atoms with van der Waals surface area (Å²) in [4.78, 5) is 13.0. The van der Waals surface area contributed by atoms with E-state index in [4.69, 9.17) is 5.11 Å². The zero-order valence-corrected chi connectivity index (χ0v) is 11.7. The quantitative estimate of drug-likeness (QED) is 0.880. The van der Waals surface area contributed by atoms with E-state index >= 15 is 0 Å². The Bertz CT molecular complexity index is 520. The Labute approximate surface area is 117 Å². The third-order valence-corrected chi connectivity index (χ3v) is 3.75. The minimum atomic E-state index is -0.877. The highest BCUT2D eigenvalue weighted by Gasteiger charge is 2.04. The van der Waals surface area contributed by atoms with Gasteiger partial charge in [-0.1, -0.05) is 12.1 Å². The largest absolute Gasteiger partial charge is 0.478 e. The number of carboxylic acids is 1. The maximum Gasteiger partial charge on any atom is 0.335 e. The molecule has 1 heterocycles. The lowest BCUT2D eigenvalue weighted by atomic mass is 10.1. The molecule has 1 N–H and O–H groups in total. The fourth-order valence-corrected chi connectivity index (χ4v) is 2.60. The third-order valence-electron chi connectivity index (χ3n) is 3.02. The van der Waals surface area contributed by atoms with Crippen molar-refractivity contribution in [3.8, 4) is 0 Å². The fourth-order valence-electron chi connectivity index (χ4n) is 1.90. The van der Waals surface area contributed by atoms with Crippen LogP contribution in [-0.2, 0) is 13.0 Å². The number of carbonyl (C=O) groups is 1. The number of nitrogens with zero attached hydrogens (tertiary/aromatic N) is 1. The molecule has 0 radical (unpaired) electrons. The summed E-state index contributed by atoms with van der Waals surface area (Å²) in [5.41, 5.74) is 2.85. The first-order valence-electron chi connectivity index (χ1n) is 6.17. The van der Waals surface area contributed by atoms with Crippen LogP contribution in [-0.4, -0.2) is 29.6 Å². The van der Waals surface area contributed by atoms with Gasteiger partial charge in [0.25, 0.3) is 0 Å². The Hall–Kier alpha value is -1.65. The minimum Gasteiger partial charge on any atom is -0.478 e. The molecule has 100 valence electrons. The van der Waals surface area contributed by atoms with E-state index in [1.807, 2.05) is 12.1 Å². The van der Waals surface area contributed by atoms with Crippen LogP contribution in [0.1, 0.15) is 21.5 Å². The zero-order chi connectivity index (χ0) is 13.7.